The summed E-state index contributed by atoms with van der Waals surface area (Å²) in [5.41, 5.74) is 3.29. The molecule has 2 aromatic heterocycles. The van der Waals surface area contributed by atoms with Crippen molar-refractivity contribution in [2.75, 3.05) is 11.6 Å². The third kappa shape index (κ3) is 3.25. The van der Waals surface area contributed by atoms with Gasteiger partial charge in [-0.25, -0.2) is 9.67 Å². The molecule has 28 heavy (non-hydrogen) atoms. The average molecular weight is 409 g/mol. The highest BCUT2D eigenvalue weighted by Gasteiger charge is 2.20. The van der Waals surface area contributed by atoms with E-state index < -0.39 is 0 Å². The molecule has 0 aliphatic carbocycles. The van der Waals surface area contributed by atoms with Gasteiger partial charge in [-0.05, 0) is 37.4 Å². The van der Waals surface area contributed by atoms with Gasteiger partial charge in [0.25, 0.3) is 5.91 Å². The van der Waals surface area contributed by atoms with E-state index in [1.165, 1.54) is 6.20 Å². The maximum Gasteiger partial charge on any atom is 0.258 e. The van der Waals surface area contributed by atoms with Crippen molar-refractivity contribution in [3.63, 3.8) is 0 Å². The largest absolute Gasteiger partial charge is 0.321 e. The number of rotatable bonds is 4. The second-order valence-corrected chi connectivity index (χ2v) is 7.40. The number of halogens is 1. The van der Waals surface area contributed by atoms with E-state index in [-0.39, 0.29) is 5.91 Å². The van der Waals surface area contributed by atoms with Crippen LogP contribution in [0.5, 0.6) is 0 Å². The minimum atomic E-state index is -0.298. The van der Waals surface area contributed by atoms with Crippen molar-refractivity contribution >= 4 is 46.0 Å². The number of nitrogens with zero attached hydrogens (tertiary/aromatic N) is 3. The van der Waals surface area contributed by atoms with E-state index in [4.69, 9.17) is 11.6 Å². The first kappa shape index (κ1) is 18.5. The van der Waals surface area contributed by atoms with Crippen LogP contribution in [0.4, 0.5) is 5.69 Å². The average Bonchev–Trinajstić information content (AvgIpc) is 3.06. The molecule has 1 N–H and O–H groups in total. The summed E-state index contributed by atoms with van der Waals surface area (Å²) in [6.07, 6.45) is 3.47. The Hall–Kier alpha value is -2.83. The van der Waals surface area contributed by atoms with Gasteiger partial charge < -0.3 is 5.32 Å². The van der Waals surface area contributed by atoms with E-state index in [0.29, 0.717) is 21.6 Å². The van der Waals surface area contributed by atoms with Crippen LogP contribution in [0.1, 0.15) is 16.1 Å². The molecular weight excluding hydrogens is 392 g/mol. The number of pyridine rings is 1. The van der Waals surface area contributed by atoms with Crippen molar-refractivity contribution in [1.82, 2.24) is 14.8 Å². The fraction of sp³-hybridized carbons (Fsp3) is 0.0952. The van der Waals surface area contributed by atoms with E-state index in [9.17, 15) is 4.79 Å². The molecule has 2 aromatic carbocycles. The third-order valence-corrected chi connectivity index (χ3v) is 5.60. The lowest BCUT2D eigenvalue weighted by atomic mass is 10.2. The number of anilines is 1. The summed E-state index contributed by atoms with van der Waals surface area (Å²) in [7, 11) is 0. The minimum Gasteiger partial charge on any atom is -0.321 e. The molecule has 0 saturated heterocycles. The molecule has 5 nitrogen and oxygen atoms in total. The molecule has 0 bridgehead atoms. The first-order chi connectivity index (χ1) is 13.6. The Labute approximate surface area is 171 Å². The zero-order chi connectivity index (χ0) is 19.7. The Morgan fingerprint density at radius 2 is 1.82 bits per heavy atom. The number of carbonyl (C=O) groups is 1. The Morgan fingerprint density at radius 3 is 2.57 bits per heavy atom. The molecule has 0 fully saturated rings. The molecular formula is C21H17ClN4OS. The summed E-state index contributed by atoms with van der Waals surface area (Å²) in [5, 5.41) is 8.53. The summed E-state index contributed by atoms with van der Waals surface area (Å²) in [6, 6.07) is 17.3. The van der Waals surface area contributed by atoms with Gasteiger partial charge in [0.15, 0.2) is 5.65 Å². The topological polar surface area (TPSA) is 59.8 Å². The highest BCUT2D eigenvalue weighted by Crippen LogP contribution is 2.31. The molecule has 0 unspecified atom stereocenters. The smallest absolute Gasteiger partial charge is 0.258 e. The van der Waals surface area contributed by atoms with Crippen LogP contribution in [0.25, 0.3) is 16.7 Å². The van der Waals surface area contributed by atoms with Crippen molar-refractivity contribution in [3.8, 4) is 5.69 Å². The van der Waals surface area contributed by atoms with Crippen LogP contribution < -0.4 is 5.32 Å². The van der Waals surface area contributed by atoms with E-state index in [1.807, 2.05) is 67.8 Å². The van der Waals surface area contributed by atoms with Gasteiger partial charge in [0.1, 0.15) is 0 Å². The number of amides is 1. The zero-order valence-corrected chi connectivity index (χ0v) is 16.9. The van der Waals surface area contributed by atoms with Gasteiger partial charge in [-0.2, -0.15) is 5.10 Å². The van der Waals surface area contributed by atoms with Gasteiger partial charge >= 0.3 is 0 Å². The minimum absolute atomic E-state index is 0.298. The highest BCUT2D eigenvalue weighted by atomic mass is 35.5. The molecule has 2 heterocycles. The lowest BCUT2D eigenvalue weighted by molar-refractivity contribution is 0.102. The molecule has 4 aromatic rings. The molecule has 0 radical (unpaired) electrons. The van der Waals surface area contributed by atoms with Crippen LogP contribution in [-0.4, -0.2) is 26.9 Å². The lowest BCUT2D eigenvalue weighted by Gasteiger charge is -2.10. The first-order valence-corrected chi connectivity index (χ1v) is 10.2. The maximum atomic E-state index is 12.9. The SMILES string of the molecule is CSc1ccccc1NC(=O)c1cnc2c(c(C)nn2-c2ccccc2)c1Cl. The Bertz CT molecular complexity index is 1170. The summed E-state index contributed by atoms with van der Waals surface area (Å²) in [5.74, 6) is -0.298. The highest BCUT2D eigenvalue weighted by molar-refractivity contribution is 7.98. The number of aryl methyl sites for hydroxylation is 1. The second-order valence-electron chi connectivity index (χ2n) is 6.17. The van der Waals surface area contributed by atoms with E-state index in [0.717, 1.165) is 22.0 Å². The number of benzene rings is 2. The maximum absolute atomic E-state index is 12.9. The first-order valence-electron chi connectivity index (χ1n) is 8.63. The van der Waals surface area contributed by atoms with Crippen molar-refractivity contribution in [2.45, 2.75) is 11.8 Å². The van der Waals surface area contributed by atoms with E-state index in [1.54, 1.807) is 16.4 Å². The molecule has 0 aliphatic rings. The van der Waals surface area contributed by atoms with Gasteiger partial charge in [-0.3, -0.25) is 4.79 Å². The zero-order valence-electron chi connectivity index (χ0n) is 15.3. The Morgan fingerprint density at radius 1 is 1.11 bits per heavy atom. The number of hydrogen-bond acceptors (Lipinski definition) is 4. The van der Waals surface area contributed by atoms with E-state index >= 15 is 0 Å². The van der Waals surface area contributed by atoms with Crippen LogP contribution in [0.2, 0.25) is 5.02 Å². The van der Waals surface area contributed by atoms with Crippen LogP contribution in [-0.2, 0) is 0 Å². The number of thioether (sulfide) groups is 1. The van der Waals surface area contributed by atoms with Crippen LogP contribution in [0.15, 0.2) is 65.7 Å². The van der Waals surface area contributed by atoms with E-state index in [2.05, 4.69) is 15.4 Å². The monoisotopic (exact) mass is 408 g/mol. The summed E-state index contributed by atoms with van der Waals surface area (Å²) < 4.78 is 1.74. The van der Waals surface area contributed by atoms with Crippen molar-refractivity contribution in [3.05, 3.63) is 77.1 Å². The molecule has 7 heteroatoms. The summed E-state index contributed by atoms with van der Waals surface area (Å²) in [6.45, 7) is 1.86. The van der Waals surface area contributed by atoms with Crippen molar-refractivity contribution < 1.29 is 4.79 Å². The normalized spacial score (nSPS) is 11.0. The molecule has 140 valence electrons. The molecule has 0 aliphatic heterocycles. The number of nitrogens with one attached hydrogen (secondary N) is 1. The number of carbonyl (C=O) groups excluding carboxylic acids is 1. The predicted octanol–water partition coefficient (Wildman–Crippen LogP) is 5.36. The molecule has 1 amide bonds. The number of para-hydroxylation sites is 2. The number of fused-ring (bicyclic) bond motifs is 1. The Balaban J connectivity index is 1.76. The molecule has 4 rings (SSSR count). The summed E-state index contributed by atoms with van der Waals surface area (Å²) in [4.78, 5) is 18.3. The number of aromatic nitrogens is 3. The van der Waals surface area contributed by atoms with Crippen molar-refractivity contribution in [2.24, 2.45) is 0 Å². The predicted molar refractivity (Wildman–Crippen MR) is 115 cm³/mol. The van der Waals surface area contributed by atoms with Gasteiger partial charge in [0, 0.05) is 11.1 Å². The second kappa shape index (κ2) is 7.66. The fourth-order valence-corrected chi connectivity index (χ4v) is 3.96. The molecule has 0 atom stereocenters. The van der Waals surface area contributed by atoms with Crippen LogP contribution >= 0.6 is 23.4 Å². The Kier molecular flexibility index (Phi) is 5.07. The van der Waals surface area contributed by atoms with Gasteiger partial charge in [-0.15, -0.1) is 11.8 Å². The van der Waals surface area contributed by atoms with Gasteiger partial charge in [-0.1, -0.05) is 41.9 Å². The van der Waals surface area contributed by atoms with Crippen LogP contribution in [0, 0.1) is 6.92 Å². The standard InChI is InChI=1S/C21H17ClN4OS/c1-13-18-19(22)15(21(27)24-16-10-6-7-11-17(16)28-2)12-23-20(18)26(25-13)14-8-4-3-5-9-14/h3-12H,1-2H3,(H,24,27). The summed E-state index contributed by atoms with van der Waals surface area (Å²) >= 11 is 8.19. The fourth-order valence-electron chi connectivity index (χ4n) is 3.05. The van der Waals surface area contributed by atoms with Crippen molar-refractivity contribution in [1.29, 1.82) is 0 Å². The van der Waals surface area contributed by atoms with Gasteiger partial charge in [0.05, 0.1) is 33.0 Å². The lowest BCUT2D eigenvalue weighted by Crippen LogP contribution is -2.13. The molecule has 0 spiro atoms. The third-order valence-electron chi connectivity index (χ3n) is 4.41. The van der Waals surface area contributed by atoms with Gasteiger partial charge in [0.2, 0.25) is 0 Å². The van der Waals surface area contributed by atoms with Crippen LogP contribution in [0.3, 0.4) is 0 Å². The molecule has 0 saturated carbocycles. The number of hydrogen-bond donors (Lipinski definition) is 1. The quantitative estimate of drug-likeness (QED) is 0.462.